The Hall–Kier alpha value is -2.25. The van der Waals surface area contributed by atoms with Gasteiger partial charge in [-0.2, -0.15) is 0 Å². The first-order valence-electron chi connectivity index (χ1n) is 6.62. The lowest BCUT2D eigenvalue weighted by atomic mass is 10.1. The minimum Gasteiger partial charge on any atom is -0.382 e. The predicted molar refractivity (Wildman–Crippen MR) is 93.8 cm³/mol. The molecule has 0 fully saturated rings. The predicted octanol–water partition coefficient (Wildman–Crippen LogP) is 4.60. The molecule has 0 aliphatic rings. The van der Waals surface area contributed by atoms with Crippen molar-refractivity contribution >= 4 is 49.7 Å². The molecule has 0 aliphatic heterocycles. The lowest BCUT2D eigenvalue weighted by Crippen LogP contribution is -2.02. The minimum absolute atomic E-state index is 0.152. The summed E-state index contributed by atoms with van der Waals surface area (Å²) >= 11 is 4.47. The molecule has 0 saturated heterocycles. The quantitative estimate of drug-likeness (QED) is 0.637. The van der Waals surface area contributed by atoms with E-state index in [1.165, 1.54) is 12.1 Å². The molecule has 1 aromatic heterocycles. The molecule has 0 saturated carbocycles. The Morgan fingerprint density at radius 3 is 2.74 bits per heavy atom. The summed E-state index contributed by atoms with van der Waals surface area (Å²) in [4.78, 5) is 17.0. The molecule has 0 radical (unpaired) electrons. The van der Waals surface area contributed by atoms with E-state index in [2.05, 4.69) is 26.2 Å². The van der Waals surface area contributed by atoms with Crippen molar-refractivity contribution in [3.8, 4) is 0 Å². The molecule has 0 atom stereocenters. The van der Waals surface area contributed by atoms with E-state index in [0.29, 0.717) is 21.3 Å². The molecule has 3 N–H and O–H groups in total. The van der Waals surface area contributed by atoms with Crippen LogP contribution < -0.4 is 11.1 Å². The Balaban J connectivity index is 1.87. The van der Waals surface area contributed by atoms with Crippen LogP contribution in [0.1, 0.15) is 15.2 Å². The van der Waals surface area contributed by atoms with E-state index in [0.717, 1.165) is 15.8 Å². The van der Waals surface area contributed by atoms with Gasteiger partial charge in [-0.3, -0.25) is 4.79 Å². The van der Waals surface area contributed by atoms with Crippen molar-refractivity contribution in [2.45, 2.75) is 0 Å². The van der Waals surface area contributed by atoms with Crippen molar-refractivity contribution in [1.29, 1.82) is 0 Å². The number of nitrogens with two attached hydrogens (primary N) is 1. The van der Waals surface area contributed by atoms with Crippen molar-refractivity contribution in [3.05, 3.63) is 69.3 Å². The average Bonchev–Trinajstić information content (AvgIpc) is 2.87. The van der Waals surface area contributed by atoms with Gasteiger partial charge in [0, 0.05) is 15.7 Å². The van der Waals surface area contributed by atoms with Gasteiger partial charge >= 0.3 is 0 Å². The fraction of sp³-hybridized carbons (Fsp3) is 0. The maximum atomic E-state index is 13.2. The Labute approximate surface area is 144 Å². The van der Waals surface area contributed by atoms with Gasteiger partial charge in [0.15, 0.2) is 5.13 Å². The van der Waals surface area contributed by atoms with Crippen LogP contribution >= 0.6 is 27.3 Å². The van der Waals surface area contributed by atoms with Gasteiger partial charge in [0.2, 0.25) is 5.78 Å². The highest BCUT2D eigenvalue weighted by Gasteiger charge is 2.18. The Bertz CT molecular complexity index is 881. The first kappa shape index (κ1) is 15.6. The van der Waals surface area contributed by atoms with Crippen molar-refractivity contribution in [2.24, 2.45) is 0 Å². The number of nitrogens with one attached hydrogen (secondary N) is 1. The third-order valence-corrected chi connectivity index (χ3v) is 4.50. The van der Waals surface area contributed by atoms with E-state index < -0.39 is 0 Å². The van der Waals surface area contributed by atoms with E-state index in [1.54, 1.807) is 30.3 Å². The first-order valence-corrected chi connectivity index (χ1v) is 8.23. The number of nitrogen functional groups attached to an aromatic ring is 1. The fourth-order valence-electron chi connectivity index (χ4n) is 2.00. The number of hydrogen-bond acceptors (Lipinski definition) is 5. The topological polar surface area (TPSA) is 68.0 Å². The summed E-state index contributed by atoms with van der Waals surface area (Å²) in [5.41, 5.74) is 6.92. The normalized spacial score (nSPS) is 10.5. The minimum atomic E-state index is -0.357. The van der Waals surface area contributed by atoms with Crippen molar-refractivity contribution in [2.75, 3.05) is 11.1 Å². The van der Waals surface area contributed by atoms with Gasteiger partial charge in [-0.25, -0.2) is 9.37 Å². The first-order chi connectivity index (χ1) is 11.0. The number of ketones is 1. The fourth-order valence-corrected chi connectivity index (χ4v) is 3.26. The number of benzene rings is 2. The van der Waals surface area contributed by atoms with Crippen LogP contribution in [-0.4, -0.2) is 10.8 Å². The highest BCUT2D eigenvalue weighted by molar-refractivity contribution is 9.10. The zero-order valence-electron chi connectivity index (χ0n) is 11.7. The van der Waals surface area contributed by atoms with Gasteiger partial charge in [-0.05, 0) is 30.3 Å². The molecule has 23 heavy (non-hydrogen) atoms. The van der Waals surface area contributed by atoms with E-state index in [4.69, 9.17) is 5.73 Å². The molecule has 3 rings (SSSR count). The molecule has 0 spiro atoms. The highest BCUT2D eigenvalue weighted by atomic mass is 79.9. The summed E-state index contributed by atoms with van der Waals surface area (Å²) < 4.78 is 14.0. The van der Waals surface area contributed by atoms with E-state index >= 15 is 0 Å². The molecule has 0 bridgehead atoms. The van der Waals surface area contributed by atoms with Crippen molar-refractivity contribution in [1.82, 2.24) is 4.98 Å². The van der Waals surface area contributed by atoms with E-state index in [1.807, 2.05) is 6.07 Å². The number of carbonyl (C=O) groups excluding carboxylic acids is 1. The number of rotatable bonds is 4. The number of carbonyl (C=O) groups is 1. The number of aromatic nitrogens is 1. The van der Waals surface area contributed by atoms with Crippen LogP contribution in [0.2, 0.25) is 0 Å². The molecule has 2 aromatic carbocycles. The molecule has 3 aromatic rings. The number of halogens is 2. The molecule has 7 heteroatoms. The third-order valence-electron chi connectivity index (χ3n) is 3.02. The van der Waals surface area contributed by atoms with Gasteiger partial charge in [0.05, 0.1) is 0 Å². The maximum Gasteiger partial charge on any atom is 0.206 e. The van der Waals surface area contributed by atoms with E-state index in [9.17, 15) is 9.18 Å². The molecular weight excluding hydrogens is 381 g/mol. The molecule has 0 unspecified atom stereocenters. The number of nitrogens with zero attached hydrogens (tertiary/aromatic N) is 1. The number of anilines is 3. The average molecular weight is 392 g/mol. The van der Waals surface area contributed by atoms with Gasteiger partial charge in [0.25, 0.3) is 0 Å². The smallest absolute Gasteiger partial charge is 0.206 e. The Kier molecular flexibility index (Phi) is 4.40. The largest absolute Gasteiger partial charge is 0.382 e. The van der Waals surface area contributed by atoms with Crippen LogP contribution in [0, 0.1) is 5.82 Å². The second kappa shape index (κ2) is 6.47. The number of thiazole rings is 1. The van der Waals surface area contributed by atoms with Crippen LogP contribution in [0.25, 0.3) is 0 Å². The standard InChI is InChI=1S/C16H11BrFN3OS/c17-10-4-1-3-9(7-10)13(22)14-15(19)21-16(23-14)20-12-6-2-5-11(18)8-12/h1-8H,19H2,(H,20,21). The van der Waals surface area contributed by atoms with Crippen LogP contribution in [-0.2, 0) is 0 Å². The molecule has 1 heterocycles. The zero-order valence-corrected chi connectivity index (χ0v) is 14.1. The maximum absolute atomic E-state index is 13.2. The van der Waals surface area contributed by atoms with Gasteiger partial charge < -0.3 is 11.1 Å². The molecular formula is C16H11BrFN3OS. The Morgan fingerprint density at radius 2 is 2.00 bits per heavy atom. The monoisotopic (exact) mass is 391 g/mol. The second-order valence-corrected chi connectivity index (χ2v) is 6.62. The summed E-state index contributed by atoms with van der Waals surface area (Å²) in [6.45, 7) is 0. The van der Waals surface area contributed by atoms with E-state index in [-0.39, 0.29) is 17.4 Å². The van der Waals surface area contributed by atoms with Gasteiger partial charge in [-0.15, -0.1) is 0 Å². The van der Waals surface area contributed by atoms with Crippen LogP contribution in [0.15, 0.2) is 53.0 Å². The molecule has 116 valence electrons. The molecule has 4 nitrogen and oxygen atoms in total. The summed E-state index contributed by atoms with van der Waals surface area (Å²) in [5, 5.41) is 3.39. The van der Waals surface area contributed by atoms with Crippen molar-refractivity contribution < 1.29 is 9.18 Å². The SMILES string of the molecule is Nc1nc(Nc2cccc(F)c2)sc1C(=O)c1cccc(Br)c1. The Morgan fingerprint density at radius 1 is 1.22 bits per heavy atom. The van der Waals surface area contributed by atoms with Gasteiger partial charge in [0.1, 0.15) is 16.5 Å². The lowest BCUT2D eigenvalue weighted by molar-refractivity contribution is 0.104. The van der Waals surface area contributed by atoms with Gasteiger partial charge in [-0.1, -0.05) is 45.5 Å². The summed E-state index contributed by atoms with van der Waals surface area (Å²) in [5.74, 6) is -0.405. The number of hydrogen-bond donors (Lipinski definition) is 2. The molecule has 0 aliphatic carbocycles. The van der Waals surface area contributed by atoms with Crippen LogP contribution in [0.3, 0.4) is 0 Å². The summed E-state index contributed by atoms with van der Waals surface area (Å²) in [7, 11) is 0. The molecule has 0 amide bonds. The third kappa shape index (κ3) is 3.57. The van der Waals surface area contributed by atoms with Crippen molar-refractivity contribution in [3.63, 3.8) is 0 Å². The summed E-state index contributed by atoms with van der Waals surface area (Å²) in [6, 6.07) is 13.0. The highest BCUT2D eigenvalue weighted by Crippen LogP contribution is 2.30. The second-order valence-electron chi connectivity index (χ2n) is 4.71. The zero-order chi connectivity index (χ0) is 16.4. The lowest BCUT2D eigenvalue weighted by Gasteiger charge is -2.01. The summed E-state index contributed by atoms with van der Waals surface area (Å²) in [6.07, 6.45) is 0. The van der Waals surface area contributed by atoms with Crippen LogP contribution in [0.4, 0.5) is 21.0 Å². The van der Waals surface area contributed by atoms with Crippen LogP contribution in [0.5, 0.6) is 0 Å².